The average molecular weight is 290 g/mol. The molecule has 2 aliphatic heterocycles. The van der Waals surface area contributed by atoms with Crippen molar-refractivity contribution in [2.45, 2.75) is 18.9 Å². The number of piperazine rings is 1. The highest BCUT2D eigenvalue weighted by molar-refractivity contribution is 6.00. The van der Waals surface area contributed by atoms with Gasteiger partial charge in [0.1, 0.15) is 11.3 Å². The van der Waals surface area contributed by atoms with E-state index >= 15 is 0 Å². The molecule has 2 aliphatic rings. The van der Waals surface area contributed by atoms with E-state index < -0.39 is 4.92 Å². The van der Waals surface area contributed by atoms with Gasteiger partial charge >= 0.3 is 5.69 Å². The summed E-state index contributed by atoms with van der Waals surface area (Å²) >= 11 is 0. The number of anilines is 1. The highest BCUT2D eigenvalue weighted by atomic mass is 16.6. The predicted octanol–water partition coefficient (Wildman–Crippen LogP) is 1.10. The number of nitrogen functional groups attached to an aromatic ring is 1. The van der Waals surface area contributed by atoms with Crippen LogP contribution in [0.1, 0.15) is 23.2 Å². The van der Waals surface area contributed by atoms with Crippen LogP contribution in [0.3, 0.4) is 0 Å². The third-order valence-electron chi connectivity index (χ3n) is 4.35. The van der Waals surface area contributed by atoms with Crippen LogP contribution in [0.25, 0.3) is 0 Å². The van der Waals surface area contributed by atoms with Gasteiger partial charge < -0.3 is 10.6 Å². The van der Waals surface area contributed by atoms with Gasteiger partial charge in [0, 0.05) is 25.7 Å². The Morgan fingerprint density at radius 2 is 2.14 bits per heavy atom. The second-order valence-electron chi connectivity index (χ2n) is 5.58. The number of hydrogen-bond acceptors (Lipinski definition) is 5. The molecule has 0 radical (unpaired) electrons. The molecule has 2 saturated heterocycles. The van der Waals surface area contributed by atoms with Crippen molar-refractivity contribution in [3.63, 3.8) is 0 Å². The molecule has 112 valence electrons. The Morgan fingerprint density at radius 1 is 1.33 bits per heavy atom. The van der Waals surface area contributed by atoms with Crippen molar-refractivity contribution in [1.29, 1.82) is 0 Å². The summed E-state index contributed by atoms with van der Waals surface area (Å²) in [6, 6.07) is 4.91. The summed E-state index contributed by atoms with van der Waals surface area (Å²) < 4.78 is 0. The molecule has 7 heteroatoms. The van der Waals surface area contributed by atoms with Gasteiger partial charge in [-0.05, 0) is 31.5 Å². The summed E-state index contributed by atoms with van der Waals surface area (Å²) in [6.45, 7) is 3.18. The van der Waals surface area contributed by atoms with Crippen LogP contribution in [0.5, 0.6) is 0 Å². The van der Waals surface area contributed by atoms with E-state index in [0.717, 1.165) is 25.9 Å². The van der Waals surface area contributed by atoms with E-state index in [2.05, 4.69) is 4.90 Å². The van der Waals surface area contributed by atoms with E-state index in [0.29, 0.717) is 19.1 Å². The third kappa shape index (κ3) is 2.44. The lowest BCUT2D eigenvalue weighted by Gasteiger charge is -2.37. The number of para-hydroxylation sites is 1. The molecule has 7 nitrogen and oxygen atoms in total. The molecule has 1 atom stereocenters. The molecule has 21 heavy (non-hydrogen) atoms. The first-order valence-electron chi connectivity index (χ1n) is 7.14. The molecule has 0 saturated carbocycles. The fraction of sp³-hybridized carbons (Fsp3) is 0.500. The molecule has 1 unspecified atom stereocenters. The van der Waals surface area contributed by atoms with Crippen molar-refractivity contribution in [3.8, 4) is 0 Å². The minimum Gasteiger partial charge on any atom is -0.393 e. The monoisotopic (exact) mass is 290 g/mol. The zero-order valence-electron chi connectivity index (χ0n) is 11.7. The lowest BCUT2D eigenvalue weighted by Crippen LogP contribution is -2.52. The molecule has 0 aromatic heterocycles. The van der Waals surface area contributed by atoms with Gasteiger partial charge in [0.05, 0.1) is 4.92 Å². The molecule has 2 heterocycles. The summed E-state index contributed by atoms with van der Waals surface area (Å²) in [6.07, 6.45) is 2.24. The molecule has 0 aliphatic carbocycles. The highest BCUT2D eigenvalue weighted by Gasteiger charge is 2.35. The molecule has 2 N–H and O–H groups in total. The van der Waals surface area contributed by atoms with Crippen LogP contribution in [0.15, 0.2) is 18.2 Å². The van der Waals surface area contributed by atoms with Crippen LogP contribution in [-0.4, -0.2) is 52.9 Å². The van der Waals surface area contributed by atoms with Crippen LogP contribution in [-0.2, 0) is 0 Å². The number of rotatable bonds is 2. The molecule has 3 rings (SSSR count). The van der Waals surface area contributed by atoms with E-state index in [1.54, 1.807) is 11.0 Å². The van der Waals surface area contributed by atoms with Crippen molar-refractivity contribution in [2.24, 2.45) is 0 Å². The number of nitro benzene ring substituents is 1. The summed E-state index contributed by atoms with van der Waals surface area (Å²) in [5, 5.41) is 11.2. The van der Waals surface area contributed by atoms with E-state index in [1.165, 1.54) is 12.1 Å². The summed E-state index contributed by atoms with van der Waals surface area (Å²) in [7, 11) is 0. The van der Waals surface area contributed by atoms with E-state index in [1.807, 2.05) is 0 Å². The van der Waals surface area contributed by atoms with Gasteiger partial charge in [-0.25, -0.2) is 0 Å². The Balaban J connectivity index is 1.86. The number of nitro groups is 1. The fourth-order valence-electron chi connectivity index (χ4n) is 3.28. The Kier molecular flexibility index (Phi) is 3.50. The van der Waals surface area contributed by atoms with Crippen LogP contribution < -0.4 is 5.73 Å². The predicted molar refractivity (Wildman–Crippen MR) is 78.0 cm³/mol. The number of nitrogens with zero attached hydrogens (tertiary/aromatic N) is 3. The van der Waals surface area contributed by atoms with E-state index in [9.17, 15) is 14.9 Å². The molecular weight excluding hydrogens is 272 g/mol. The number of carbonyl (C=O) groups is 1. The minimum atomic E-state index is -0.575. The molecule has 1 aromatic carbocycles. The first kappa shape index (κ1) is 13.8. The lowest BCUT2D eigenvalue weighted by molar-refractivity contribution is -0.384. The molecule has 0 spiro atoms. The van der Waals surface area contributed by atoms with Crippen molar-refractivity contribution < 1.29 is 9.72 Å². The fourth-order valence-corrected chi connectivity index (χ4v) is 3.28. The SMILES string of the molecule is Nc1cccc(C(=O)N2CCN3CCCC3C2)c1[N+](=O)[O-]. The quantitative estimate of drug-likeness (QED) is 0.500. The molecule has 0 bridgehead atoms. The molecule has 1 amide bonds. The first-order valence-corrected chi connectivity index (χ1v) is 7.14. The number of amides is 1. The van der Waals surface area contributed by atoms with E-state index in [4.69, 9.17) is 5.73 Å². The smallest absolute Gasteiger partial charge is 0.304 e. The van der Waals surface area contributed by atoms with Crippen LogP contribution in [0, 0.1) is 10.1 Å². The Labute approximate surface area is 122 Å². The molecule has 2 fully saturated rings. The standard InChI is InChI=1S/C14H18N4O3/c15-12-5-1-4-11(13(12)18(20)21)14(19)17-8-7-16-6-2-3-10(16)9-17/h1,4-5,10H,2-3,6-9,15H2. The zero-order valence-corrected chi connectivity index (χ0v) is 11.7. The summed E-state index contributed by atoms with van der Waals surface area (Å²) in [4.78, 5) is 27.3. The van der Waals surface area contributed by atoms with Gasteiger partial charge in [-0.2, -0.15) is 0 Å². The topological polar surface area (TPSA) is 92.7 Å². The van der Waals surface area contributed by atoms with Crippen LogP contribution in [0.4, 0.5) is 11.4 Å². The zero-order chi connectivity index (χ0) is 15.0. The minimum absolute atomic E-state index is 0.0327. The van der Waals surface area contributed by atoms with Crippen molar-refractivity contribution in [2.75, 3.05) is 31.9 Å². The van der Waals surface area contributed by atoms with Gasteiger partial charge in [-0.3, -0.25) is 19.8 Å². The van der Waals surface area contributed by atoms with Gasteiger partial charge in [-0.15, -0.1) is 0 Å². The summed E-state index contributed by atoms with van der Waals surface area (Å²) in [5.41, 5.74) is 5.50. The van der Waals surface area contributed by atoms with Crippen molar-refractivity contribution >= 4 is 17.3 Å². The maximum atomic E-state index is 12.6. The lowest BCUT2D eigenvalue weighted by atomic mass is 10.1. The number of benzene rings is 1. The number of hydrogen-bond donors (Lipinski definition) is 1. The Bertz CT molecular complexity index is 590. The first-order chi connectivity index (χ1) is 10.1. The Morgan fingerprint density at radius 3 is 2.90 bits per heavy atom. The number of carbonyl (C=O) groups excluding carboxylic acids is 1. The number of fused-ring (bicyclic) bond motifs is 1. The van der Waals surface area contributed by atoms with Crippen LogP contribution >= 0.6 is 0 Å². The summed E-state index contributed by atoms with van der Waals surface area (Å²) in [5.74, 6) is -0.291. The van der Waals surface area contributed by atoms with Crippen LogP contribution in [0.2, 0.25) is 0 Å². The van der Waals surface area contributed by atoms with Gasteiger partial charge in [0.15, 0.2) is 0 Å². The normalized spacial score (nSPS) is 22.1. The van der Waals surface area contributed by atoms with Gasteiger partial charge in [0.2, 0.25) is 0 Å². The maximum Gasteiger partial charge on any atom is 0.304 e. The average Bonchev–Trinajstić information content (AvgIpc) is 2.93. The van der Waals surface area contributed by atoms with Gasteiger partial charge in [-0.1, -0.05) is 6.07 Å². The van der Waals surface area contributed by atoms with Crippen molar-refractivity contribution in [1.82, 2.24) is 9.80 Å². The number of nitrogens with two attached hydrogens (primary N) is 1. The third-order valence-corrected chi connectivity index (χ3v) is 4.35. The second-order valence-corrected chi connectivity index (χ2v) is 5.58. The second kappa shape index (κ2) is 5.33. The molecular formula is C14H18N4O3. The van der Waals surface area contributed by atoms with Crippen molar-refractivity contribution in [3.05, 3.63) is 33.9 Å². The Hall–Kier alpha value is -2.15. The van der Waals surface area contributed by atoms with Gasteiger partial charge in [0.25, 0.3) is 5.91 Å². The maximum absolute atomic E-state index is 12.6. The highest BCUT2D eigenvalue weighted by Crippen LogP contribution is 2.29. The molecule has 1 aromatic rings. The van der Waals surface area contributed by atoms with E-state index in [-0.39, 0.29) is 22.8 Å². The largest absolute Gasteiger partial charge is 0.393 e.